The number of carbonyl (C=O) groups is 1. The lowest BCUT2D eigenvalue weighted by atomic mass is 10.1. The monoisotopic (exact) mass is 258 g/mol. The van der Waals surface area contributed by atoms with Gasteiger partial charge in [0.1, 0.15) is 5.82 Å². The molecule has 6 nitrogen and oxygen atoms in total. The Hall–Kier alpha value is -2.21. The summed E-state index contributed by atoms with van der Waals surface area (Å²) in [5, 5.41) is 9.98. The molecular weight excluding hydrogens is 244 g/mol. The molecule has 1 aliphatic heterocycles. The Kier molecular flexibility index (Phi) is 2.79. The number of hydrogen-bond acceptors (Lipinski definition) is 5. The van der Waals surface area contributed by atoms with Crippen molar-refractivity contribution in [2.45, 2.75) is 6.42 Å². The Balaban J connectivity index is 2.12. The molecule has 6 heteroatoms. The SMILES string of the molecule is Nc1nc(N2CC(CO)CC2=O)c2ccccc2n1. The van der Waals surface area contributed by atoms with Gasteiger partial charge in [0, 0.05) is 30.9 Å². The Labute approximate surface area is 109 Å². The highest BCUT2D eigenvalue weighted by molar-refractivity contribution is 6.02. The Morgan fingerprint density at radius 2 is 2.16 bits per heavy atom. The molecule has 2 aromatic rings. The molecule has 19 heavy (non-hydrogen) atoms. The second-order valence-electron chi connectivity index (χ2n) is 4.68. The molecule has 0 spiro atoms. The first kappa shape index (κ1) is 11.9. The number of aromatic nitrogens is 2. The van der Waals surface area contributed by atoms with Crippen LogP contribution in [0.2, 0.25) is 0 Å². The van der Waals surface area contributed by atoms with Crippen LogP contribution in [0.15, 0.2) is 24.3 Å². The van der Waals surface area contributed by atoms with Crippen molar-refractivity contribution in [3.63, 3.8) is 0 Å². The molecule has 0 saturated carbocycles. The van der Waals surface area contributed by atoms with E-state index in [1.807, 2.05) is 24.3 Å². The number of rotatable bonds is 2. The van der Waals surface area contributed by atoms with Gasteiger partial charge in [-0.25, -0.2) is 4.98 Å². The normalized spacial score (nSPS) is 19.3. The second-order valence-corrected chi connectivity index (χ2v) is 4.68. The van der Waals surface area contributed by atoms with E-state index in [0.717, 1.165) is 5.39 Å². The zero-order valence-corrected chi connectivity index (χ0v) is 10.3. The highest BCUT2D eigenvalue weighted by Gasteiger charge is 2.32. The molecular formula is C13H14N4O2. The van der Waals surface area contributed by atoms with Gasteiger partial charge in [-0.3, -0.25) is 9.69 Å². The van der Waals surface area contributed by atoms with Gasteiger partial charge in [-0.15, -0.1) is 0 Å². The van der Waals surface area contributed by atoms with Crippen LogP contribution in [0.25, 0.3) is 10.9 Å². The van der Waals surface area contributed by atoms with Crippen molar-refractivity contribution in [1.29, 1.82) is 0 Å². The average molecular weight is 258 g/mol. The summed E-state index contributed by atoms with van der Waals surface area (Å²) >= 11 is 0. The molecule has 0 radical (unpaired) electrons. The number of hydrogen-bond donors (Lipinski definition) is 2. The predicted molar refractivity (Wildman–Crippen MR) is 71.5 cm³/mol. The molecule has 1 aromatic heterocycles. The third-order valence-corrected chi connectivity index (χ3v) is 3.32. The van der Waals surface area contributed by atoms with E-state index in [4.69, 9.17) is 5.73 Å². The summed E-state index contributed by atoms with van der Waals surface area (Å²) in [5.74, 6) is 0.600. The van der Waals surface area contributed by atoms with Crippen LogP contribution in [0, 0.1) is 5.92 Å². The van der Waals surface area contributed by atoms with Crippen LogP contribution >= 0.6 is 0 Å². The van der Waals surface area contributed by atoms with Gasteiger partial charge in [0.25, 0.3) is 0 Å². The van der Waals surface area contributed by atoms with E-state index in [-0.39, 0.29) is 24.4 Å². The maximum Gasteiger partial charge on any atom is 0.228 e. The predicted octanol–water partition coefficient (Wildman–Crippen LogP) is 0.557. The third kappa shape index (κ3) is 2.00. The summed E-state index contributed by atoms with van der Waals surface area (Å²) in [5.41, 5.74) is 6.41. The van der Waals surface area contributed by atoms with E-state index < -0.39 is 0 Å². The summed E-state index contributed by atoms with van der Waals surface area (Å²) < 4.78 is 0. The fourth-order valence-corrected chi connectivity index (χ4v) is 2.39. The van der Waals surface area contributed by atoms with E-state index in [2.05, 4.69) is 9.97 Å². The minimum Gasteiger partial charge on any atom is -0.396 e. The molecule has 98 valence electrons. The molecule has 3 rings (SSSR count). The number of nitrogens with two attached hydrogens (primary N) is 1. The first-order chi connectivity index (χ1) is 9.19. The summed E-state index contributed by atoms with van der Waals surface area (Å²) in [6, 6.07) is 7.43. The number of carbonyl (C=O) groups excluding carboxylic acids is 1. The standard InChI is InChI=1S/C13H14N4O2/c14-13-15-10-4-2-1-3-9(10)12(16-13)17-6-8(7-18)5-11(17)19/h1-4,8,18H,5-7H2,(H2,14,15,16). The zero-order valence-electron chi connectivity index (χ0n) is 10.3. The maximum atomic E-state index is 12.0. The second kappa shape index (κ2) is 4.47. The smallest absolute Gasteiger partial charge is 0.228 e. The van der Waals surface area contributed by atoms with Gasteiger partial charge >= 0.3 is 0 Å². The first-order valence-electron chi connectivity index (χ1n) is 6.12. The highest BCUT2D eigenvalue weighted by atomic mass is 16.3. The summed E-state index contributed by atoms with van der Waals surface area (Å²) in [7, 11) is 0. The number of nitrogens with zero attached hydrogens (tertiary/aromatic N) is 3. The van der Waals surface area contributed by atoms with Crippen molar-refractivity contribution in [2.24, 2.45) is 5.92 Å². The third-order valence-electron chi connectivity index (χ3n) is 3.32. The highest BCUT2D eigenvalue weighted by Crippen LogP contribution is 2.29. The largest absolute Gasteiger partial charge is 0.396 e. The lowest BCUT2D eigenvalue weighted by Crippen LogP contribution is -2.26. The summed E-state index contributed by atoms with van der Waals surface area (Å²) in [4.78, 5) is 21.9. The molecule has 1 aromatic carbocycles. The molecule has 0 bridgehead atoms. The fourth-order valence-electron chi connectivity index (χ4n) is 2.39. The number of fused-ring (bicyclic) bond motifs is 1. The molecule has 1 atom stereocenters. The average Bonchev–Trinajstić information content (AvgIpc) is 2.79. The number of anilines is 2. The van der Waals surface area contributed by atoms with E-state index in [9.17, 15) is 9.90 Å². The van der Waals surface area contributed by atoms with Gasteiger partial charge in [0.2, 0.25) is 11.9 Å². The topological polar surface area (TPSA) is 92.3 Å². The van der Waals surface area contributed by atoms with E-state index >= 15 is 0 Å². The van der Waals surface area contributed by atoms with Gasteiger partial charge in [0.05, 0.1) is 5.52 Å². The molecule has 3 N–H and O–H groups in total. The molecule has 0 aliphatic carbocycles. The minimum absolute atomic E-state index is 0.000732. The Bertz CT molecular complexity index is 644. The molecule has 1 amide bonds. The number of aliphatic hydroxyl groups is 1. The van der Waals surface area contributed by atoms with Crippen molar-refractivity contribution in [2.75, 3.05) is 23.8 Å². The summed E-state index contributed by atoms with van der Waals surface area (Å²) in [6.45, 7) is 0.469. The van der Waals surface area contributed by atoms with E-state index in [0.29, 0.717) is 24.3 Å². The van der Waals surface area contributed by atoms with Crippen LogP contribution in [0.3, 0.4) is 0 Å². The van der Waals surface area contributed by atoms with Crippen LogP contribution in [-0.4, -0.2) is 34.1 Å². The van der Waals surface area contributed by atoms with Crippen molar-refractivity contribution in [3.8, 4) is 0 Å². The van der Waals surface area contributed by atoms with Gasteiger partial charge in [0.15, 0.2) is 0 Å². The van der Waals surface area contributed by atoms with Gasteiger partial charge in [-0.2, -0.15) is 4.98 Å². The van der Waals surface area contributed by atoms with Crippen LogP contribution in [-0.2, 0) is 4.79 Å². The van der Waals surface area contributed by atoms with Crippen molar-refractivity contribution in [3.05, 3.63) is 24.3 Å². The van der Waals surface area contributed by atoms with Crippen LogP contribution < -0.4 is 10.6 Å². The van der Waals surface area contributed by atoms with Crippen molar-refractivity contribution >= 4 is 28.6 Å². The van der Waals surface area contributed by atoms with Crippen LogP contribution in [0.4, 0.5) is 11.8 Å². The first-order valence-corrected chi connectivity index (χ1v) is 6.12. The summed E-state index contributed by atoms with van der Waals surface area (Å²) in [6.07, 6.45) is 0.342. The van der Waals surface area contributed by atoms with Gasteiger partial charge in [-0.05, 0) is 12.1 Å². The lowest BCUT2D eigenvalue weighted by molar-refractivity contribution is -0.117. The zero-order chi connectivity index (χ0) is 13.4. The van der Waals surface area contributed by atoms with Gasteiger partial charge in [-0.1, -0.05) is 12.1 Å². The quantitative estimate of drug-likeness (QED) is 0.821. The van der Waals surface area contributed by atoms with E-state index in [1.54, 1.807) is 4.90 Å². The maximum absolute atomic E-state index is 12.0. The molecule has 2 heterocycles. The number of amides is 1. The fraction of sp³-hybridized carbons (Fsp3) is 0.308. The molecule has 1 saturated heterocycles. The molecule has 1 unspecified atom stereocenters. The number of aliphatic hydroxyl groups excluding tert-OH is 1. The Morgan fingerprint density at radius 1 is 1.37 bits per heavy atom. The van der Waals surface area contributed by atoms with Crippen LogP contribution in [0.5, 0.6) is 0 Å². The minimum atomic E-state index is -0.0395. The molecule has 1 aliphatic rings. The number of benzene rings is 1. The van der Waals surface area contributed by atoms with Crippen LogP contribution in [0.1, 0.15) is 6.42 Å². The van der Waals surface area contributed by atoms with Crippen molar-refractivity contribution in [1.82, 2.24) is 9.97 Å². The van der Waals surface area contributed by atoms with E-state index in [1.165, 1.54) is 0 Å². The lowest BCUT2D eigenvalue weighted by Gasteiger charge is -2.17. The Morgan fingerprint density at radius 3 is 2.89 bits per heavy atom. The molecule has 1 fully saturated rings. The number of para-hydroxylation sites is 1. The number of nitrogen functional groups attached to an aromatic ring is 1. The van der Waals surface area contributed by atoms with Gasteiger partial charge < -0.3 is 10.8 Å². The van der Waals surface area contributed by atoms with Crippen molar-refractivity contribution < 1.29 is 9.90 Å².